The lowest BCUT2D eigenvalue weighted by atomic mass is 10.00. The van der Waals surface area contributed by atoms with E-state index in [1.165, 1.54) is 29.2 Å². The molecular formula is C41H53FN6O7S. The molecule has 0 fully saturated rings. The molecule has 13 nitrogen and oxygen atoms in total. The molecule has 4 rings (SSSR count). The highest BCUT2D eigenvalue weighted by Gasteiger charge is 2.35. The maximum Gasteiger partial charge on any atom is 0.425 e. The molecule has 4 N–H and O–H groups in total. The van der Waals surface area contributed by atoms with Gasteiger partial charge < -0.3 is 30.7 Å². The number of nitrogens with zero attached hydrogens (tertiary/aromatic N) is 3. The van der Waals surface area contributed by atoms with Gasteiger partial charge in [0.1, 0.15) is 23.1 Å². The summed E-state index contributed by atoms with van der Waals surface area (Å²) in [7, 11) is -0.302. The van der Waals surface area contributed by atoms with E-state index in [-0.39, 0.29) is 28.0 Å². The first-order chi connectivity index (χ1) is 26.0. The smallest absolute Gasteiger partial charge is 0.425 e. The van der Waals surface area contributed by atoms with E-state index in [2.05, 4.69) is 15.6 Å². The summed E-state index contributed by atoms with van der Waals surface area (Å²) >= 11 is 0. The van der Waals surface area contributed by atoms with Crippen LogP contribution in [0.5, 0.6) is 0 Å². The zero-order valence-corrected chi connectivity index (χ0v) is 34.5. The highest BCUT2D eigenvalue weighted by molar-refractivity contribution is 7.92. The summed E-state index contributed by atoms with van der Waals surface area (Å²) in [5.74, 6) is -1.38. The number of rotatable bonds is 12. The third-order valence-electron chi connectivity index (χ3n) is 8.48. The van der Waals surface area contributed by atoms with Gasteiger partial charge in [-0.15, -0.1) is 0 Å². The van der Waals surface area contributed by atoms with Crippen LogP contribution in [-0.4, -0.2) is 73.5 Å². The summed E-state index contributed by atoms with van der Waals surface area (Å²) < 4.78 is 53.3. The number of nitrogens with one attached hydrogen (secondary N) is 2. The van der Waals surface area contributed by atoms with Gasteiger partial charge in [0, 0.05) is 35.7 Å². The summed E-state index contributed by atoms with van der Waals surface area (Å²) in [6, 6.07) is 15.5. The Kier molecular flexibility index (Phi) is 13.4. The lowest BCUT2D eigenvalue weighted by Gasteiger charge is -2.29. The average Bonchev–Trinajstić information content (AvgIpc) is 3.09. The molecular weight excluding hydrogens is 740 g/mol. The van der Waals surface area contributed by atoms with Gasteiger partial charge in [0.25, 0.3) is 0 Å². The van der Waals surface area contributed by atoms with Gasteiger partial charge in [0.2, 0.25) is 5.91 Å². The minimum Gasteiger partial charge on any atom is -0.443 e. The normalized spacial score (nSPS) is 12.6. The molecule has 1 atom stereocenters. The molecule has 1 unspecified atom stereocenters. The molecule has 1 aromatic heterocycles. The molecule has 0 saturated heterocycles. The number of benzene rings is 3. The van der Waals surface area contributed by atoms with Crippen LogP contribution in [0, 0.1) is 5.82 Å². The van der Waals surface area contributed by atoms with Gasteiger partial charge in [-0.2, -0.15) is 4.90 Å². The van der Waals surface area contributed by atoms with E-state index in [0.717, 1.165) is 11.8 Å². The van der Waals surface area contributed by atoms with E-state index < -0.39 is 56.2 Å². The molecule has 0 spiro atoms. The van der Waals surface area contributed by atoms with Gasteiger partial charge >= 0.3 is 12.2 Å². The Morgan fingerprint density at radius 3 is 2.14 bits per heavy atom. The van der Waals surface area contributed by atoms with Gasteiger partial charge in [-0.3, -0.25) is 4.79 Å². The number of carbonyl (C=O) groups is 3. The number of aromatic nitrogens is 1. The highest BCUT2D eigenvalue weighted by atomic mass is 32.2. The molecule has 15 heteroatoms. The Bertz CT molecular complexity index is 2170. The van der Waals surface area contributed by atoms with Crippen molar-refractivity contribution >= 4 is 55.9 Å². The molecule has 1 heterocycles. The maximum atomic E-state index is 15.7. The van der Waals surface area contributed by atoms with Crippen molar-refractivity contribution in [1.29, 1.82) is 0 Å². The topological polar surface area (TPSA) is 173 Å². The number of likely N-dealkylation sites (N-methyl/N-ethyl adjacent to an activating group) is 2. The van der Waals surface area contributed by atoms with Crippen molar-refractivity contribution < 1.29 is 36.7 Å². The number of hydrogen-bond acceptors (Lipinski definition) is 11. The Labute approximate surface area is 328 Å². The molecule has 0 saturated carbocycles. The molecule has 0 bridgehead atoms. The third-order valence-corrected chi connectivity index (χ3v) is 10.7. The molecule has 4 aromatic rings. The fourth-order valence-corrected chi connectivity index (χ4v) is 7.04. The van der Waals surface area contributed by atoms with Crippen molar-refractivity contribution in [2.75, 3.05) is 36.6 Å². The number of nitrogens with two attached hydrogens (primary N) is 1. The van der Waals surface area contributed by atoms with Crippen LogP contribution in [0.1, 0.15) is 78.1 Å². The van der Waals surface area contributed by atoms with Gasteiger partial charge in [-0.1, -0.05) is 24.3 Å². The Morgan fingerprint density at radius 1 is 0.911 bits per heavy atom. The molecule has 3 amide bonds. The predicted octanol–water partition coefficient (Wildman–Crippen LogP) is 7.39. The zero-order chi connectivity index (χ0) is 41.7. The maximum absolute atomic E-state index is 15.7. The minimum atomic E-state index is -3.71. The van der Waals surface area contributed by atoms with Crippen molar-refractivity contribution in [2.45, 2.75) is 95.7 Å². The van der Waals surface area contributed by atoms with E-state index in [9.17, 15) is 22.8 Å². The SMILES string of the molecule is CNCCc1cccc(C(Nc2ccc3c(N(C(=O)OC(C)(C)C)C(=O)OC(C)(C)C)ncc(F)c3c2)C(=O)N(C)Cc2cc(N)ccc2S(=O)(=O)C(C)C)c1. The number of pyridine rings is 1. The summed E-state index contributed by atoms with van der Waals surface area (Å²) in [5, 5.41) is 5.77. The first-order valence-corrected chi connectivity index (χ1v) is 19.8. The van der Waals surface area contributed by atoms with Crippen molar-refractivity contribution in [3.63, 3.8) is 0 Å². The van der Waals surface area contributed by atoms with Crippen LogP contribution < -0.4 is 21.3 Å². The number of nitrogen functional groups attached to an aromatic ring is 1. The highest BCUT2D eigenvalue weighted by Crippen LogP contribution is 2.33. The second-order valence-corrected chi connectivity index (χ2v) is 18.3. The van der Waals surface area contributed by atoms with Crippen LogP contribution in [0.4, 0.5) is 31.2 Å². The molecule has 0 radical (unpaired) electrons. The fraction of sp³-hybridized carbons (Fsp3) is 0.415. The van der Waals surface area contributed by atoms with Crippen molar-refractivity contribution in [2.24, 2.45) is 0 Å². The number of ether oxygens (including phenoxy) is 2. The van der Waals surface area contributed by atoms with Gasteiger partial charge in [-0.25, -0.2) is 27.4 Å². The first-order valence-electron chi connectivity index (χ1n) is 18.2. The average molecular weight is 793 g/mol. The number of imide groups is 1. The Balaban J connectivity index is 1.81. The van der Waals surface area contributed by atoms with E-state index in [1.807, 2.05) is 25.2 Å². The zero-order valence-electron chi connectivity index (χ0n) is 33.7. The Morgan fingerprint density at radius 2 is 1.55 bits per heavy atom. The molecule has 0 aliphatic carbocycles. The number of halogens is 1. The van der Waals surface area contributed by atoms with E-state index in [4.69, 9.17) is 15.2 Å². The van der Waals surface area contributed by atoms with Crippen LogP contribution in [0.3, 0.4) is 0 Å². The second-order valence-electron chi connectivity index (χ2n) is 15.8. The van der Waals surface area contributed by atoms with Crippen LogP contribution in [-0.2, 0) is 37.1 Å². The second kappa shape index (κ2) is 17.2. The number of amides is 3. The van der Waals surface area contributed by atoms with E-state index in [0.29, 0.717) is 40.4 Å². The number of carbonyl (C=O) groups excluding carboxylic acids is 3. The van der Waals surface area contributed by atoms with Gasteiger partial charge in [-0.05, 0) is 128 Å². The predicted molar refractivity (Wildman–Crippen MR) is 217 cm³/mol. The largest absolute Gasteiger partial charge is 0.443 e. The molecule has 302 valence electrons. The quantitative estimate of drug-likeness (QED) is 0.122. The van der Waals surface area contributed by atoms with Crippen LogP contribution in [0.15, 0.2) is 71.8 Å². The number of anilines is 3. The summed E-state index contributed by atoms with van der Waals surface area (Å²) in [6.45, 7) is 13.6. The van der Waals surface area contributed by atoms with Crippen LogP contribution in [0.25, 0.3) is 10.8 Å². The minimum absolute atomic E-state index is 0.0114. The molecule has 56 heavy (non-hydrogen) atoms. The van der Waals surface area contributed by atoms with Gasteiger partial charge in [0.05, 0.1) is 16.3 Å². The number of fused-ring (bicyclic) bond motifs is 1. The van der Waals surface area contributed by atoms with Crippen molar-refractivity contribution in [3.05, 3.63) is 89.4 Å². The standard InChI is InChI=1S/C41H53FN6O7S/c1-25(2)56(52,53)34-17-14-29(43)21-28(34)24-47(10)37(49)35(27-13-11-12-26(20-27)18-19-44-9)46-30-15-16-31-32(22-30)33(42)23-45-36(31)48(38(50)54-40(3,4)5)39(51)55-41(6,7)8/h11-17,20-23,25,35,44,46H,18-19,24,43H2,1-10H3. The summed E-state index contributed by atoms with van der Waals surface area (Å²) in [4.78, 5) is 47.6. The fourth-order valence-electron chi connectivity index (χ4n) is 5.78. The molecule has 0 aliphatic rings. The van der Waals surface area contributed by atoms with E-state index in [1.54, 1.807) is 80.6 Å². The monoisotopic (exact) mass is 792 g/mol. The summed E-state index contributed by atoms with van der Waals surface area (Å²) in [6.07, 6.45) is -0.556. The number of sulfone groups is 1. The lowest BCUT2D eigenvalue weighted by Crippen LogP contribution is -2.44. The lowest BCUT2D eigenvalue weighted by molar-refractivity contribution is -0.131. The summed E-state index contributed by atoms with van der Waals surface area (Å²) in [5.41, 5.74) is 6.71. The first kappa shape index (κ1) is 43.4. The van der Waals surface area contributed by atoms with Crippen molar-refractivity contribution in [3.8, 4) is 0 Å². The van der Waals surface area contributed by atoms with Gasteiger partial charge in [0.15, 0.2) is 15.7 Å². The molecule has 0 aliphatic heterocycles. The van der Waals surface area contributed by atoms with Crippen LogP contribution in [0.2, 0.25) is 0 Å². The third kappa shape index (κ3) is 10.7. The number of hydrogen-bond donors (Lipinski definition) is 3. The van der Waals surface area contributed by atoms with E-state index >= 15 is 4.39 Å². The van der Waals surface area contributed by atoms with Crippen molar-refractivity contribution in [1.82, 2.24) is 15.2 Å². The van der Waals surface area contributed by atoms with Crippen LogP contribution >= 0.6 is 0 Å². The molecule has 3 aromatic carbocycles. The Hall–Kier alpha value is -5.28.